The van der Waals surface area contributed by atoms with E-state index in [4.69, 9.17) is 13.9 Å². The van der Waals surface area contributed by atoms with Crippen molar-refractivity contribution < 1.29 is 23.5 Å². The van der Waals surface area contributed by atoms with Gasteiger partial charge in [-0.15, -0.1) is 0 Å². The molecule has 35 heavy (non-hydrogen) atoms. The lowest BCUT2D eigenvalue weighted by Crippen LogP contribution is -2.31. The summed E-state index contributed by atoms with van der Waals surface area (Å²) in [5, 5.41) is 0.641. The van der Waals surface area contributed by atoms with E-state index in [0.29, 0.717) is 46.4 Å². The van der Waals surface area contributed by atoms with Gasteiger partial charge in [0.05, 0.1) is 19.3 Å². The number of methoxy groups -OCH3 is 1. The first-order chi connectivity index (χ1) is 17.1. The number of esters is 1. The van der Waals surface area contributed by atoms with E-state index in [1.165, 1.54) is 39.5 Å². The Balaban J connectivity index is 1.49. The number of benzene rings is 2. The number of hydrogen-bond donors (Lipinski definition) is 0. The Hall–Kier alpha value is -3.12. The van der Waals surface area contributed by atoms with Gasteiger partial charge in [0, 0.05) is 23.9 Å². The molecule has 0 atom stereocenters. The van der Waals surface area contributed by atoms with Crippen LogP contribution in [0.15, 0.2) is 46.9 Å². The number of likely N-dealkylation sites (tertiary alicyclic amines) is 1. The Morgan fingerprint density at radius 2 is 1.77 bits per heavy atom. The number of furan rings is 1. The van der Waals surface area contributed by atoms with E-state index < -0.39 is 5.97 Å². The van der Waals surface area contributed by atoms with Gasteiger partial charge in [-0.25, -0.2) is 4.79 Å². The largest absolute Gasteiger partial charge is 0.494 e. The van der Waals surface area contributed by atoms with Crippen LogP contribution >= 0.6 is 0 Å². The maximum atomic E-state index is 13.6. The lowest BCUT2D eigenvalue weighted by Gasteiger charge is -2.26. The number of aryl methyl sites for hydroxylation is 1. The van der Waals surface area contributed by atoms with Crippen LogP contribution in [0.4, 0.5) is 0 Å². The fourth-order valence-electron chi connectivity index (χ4n) is 4.71. The van der Waals surface area contributed by atoms with E-state index in [9.17, 15) is 9.59 Å². The van der Waals surface area contributed by atoms with Crippen LogP contribution < -0.4 is 4.74 Å². The second kappa shape index (κ2) is 12.0. The summed E-state index contributed by atoms with van der Waals surface area (Å²) in [7, 11) is 1.34. The van der Waals surface area contributed by atoms with Gasteiger partial charge in [-0.1, -0.05) is 31.9 Å². The zero-order valence-corrected chi connectivity index (χ0v) is 20.8. The highest BCUT2D eigenvalue weighted by Crippen LogP contribution is 2.32. The van der Waals surface area contributed by atoms with Crippen molar-refractivity contribution in [3.63, 3.8) is 0 Å². The molecule has 1 saturated heterocycles. The SMILES string of the molecule is CCCCc1oc2c(C(=O)OC)cccc2c1C(=O)c1ccc(OCCCN2CCCCC2)cc1. The number of rotatable bonds is 11. The predicted octanol–water partition coefficient (Wildman–Crippen LogP) is 6.05. The number of piperidine rings is 1. The van der Waals surface area contributed by atoms with Gasteiger partial charge in [-0.3, -0.25) is 4.79 Å². The third-order valence-electron chi connectivity index (χ3n) is 6.63. The quantitative estimate of drug-likeness (QED) is 0.190. The lowest BCUT2D eigenvalue weighted by molar-refractivity contribution is 0.0601. The summed E-state index contributed by atoms with van der Waals surface area (Å²) in [6, 6.07) is 12.5. The number of para-hydroxylation sites is 1. The first-order valence-electron chi connectivity index (χ1n) is 12.7. The number of nitrogens with zero attached hydrogens (tertiary/aromatic N) is 1. The van der Waals surface area contributed by atoms with E-state index in [0.717, 1.165) is 31.6 Å². The number of carbonyl (C=O) groups excluding carboxylic acids is 2. The zero-order chi connectivity index (χ0) is 24.6. The topological polar surface area (TPSA) is 69.0 Å². The Labute approximate surface area is 207 Å². The van der Waals surface area contributed by atoms with Crippen molar-refractivity contribution in [3.8, 4) is 5.75 Å². The van der Waals surface area contributed by atoms with Crippen LogP contribution in [0.2, 0.25) is 0 Å². The van der Waals surface area contributed by atoms with Crippen LogP contribution in [0.5, 0.6) is 5.75 Å². The second-order valence-electron chi connectivity index (χ2n) is 9.14. The molecule has 0 spiro atoms. The van der Waals surface area contributed by atoms with E-state index in [-0.39, 0.29) is 5.78 Å². The highest BCUT2D eigenvalue weighted by molar-refractivity contribution is 6.18. The van der Waals surface area contributed by atoms with Crippen LogP contribution in [0.25, 0.3) is 11.0 Å². The van der Waals surface area contributed by atoms with Crippen molar-refractivity contribution in [2.75, 3.05) is 33.4 Å². The third-order valence-corrected chi connectivity index (χ3v) is 6.63. The molecule has 0 radical (unpaired) electrons. The molecule has 0 saturated carbocycles. The molecule has 1 aromatic heterocycles. The number of ether oxygens (including phenoxy) is 2. The zero-order valence-electron chi connectivity index (χ0n) is 20.8. The standard InChI is InChI=1S/C29H35NO5/c1-3-4-12-25-26(23-10-8-11-24(28(23)35-25)29(32)33-2)27(31)21-13-15-22(16-14-21)34-20-9-19-30-17-6-5-7-18-30/h8,10-11,13-16H,3-7,9,12,17-20H2,1-2H3. The molecule has 3 aromatic rings. The van der Waals surface area contributed by atoms with E-state index in [2.05, 4.69) is 11.8 Å². The summed E-state index contributed by atoms with van der Waals surface area (Å²) >= 11 is 0. The van der Waals surface area contributed by atoms with Crippen LogP contribution in [0.3, 0.4) is 0 Å². The maximum Gasteiger partial charge on any atom is 0.341 e. The molecule has 2 heterocycles. The van der Waals surface area contributed by atoms with Gasteiger partial charge in [0.25, 0.3) is 0 Å². The molecule has 6 nitrogen and oxygen atoms in total. The van der Waals surface area contributed by atoms with Crippen molar-refractivity contribution in [2.45, 2.75) is 51.9 Å². The van der Waals surface area contributed by atoms with Crippen molar-refractivity contribution in [2.24, 2.45) is 0 Å². The smallest absolute Gasteiger partial charge is 0.341 e. The fourth-order valence-corrected chi connectivity index (χ4v) is 4.71. The van der Waals surface area contributed by atoms with Gasteiger partial charge in [0.2, 0.25) is 0 Å². The Kier molecular flexibility index (Phi) is 8.59. The molecule has 1 aliphatic heterocycles. The molecule has 186 valence electrons. The van der Waals surface area contributed by atoms with E-state index >= 15 is 0 Å². The number of ketones is 1. The van der Waals surface area contributed by atoms with Crippen molar-refractivity contribution in [1.82, 2.24) is 4.90 Å². The summed E-state index contributed by atoms with van der Waals surface area (Å²) in [4.78, 5) is 28.3. The molecular formula is C29H35NO5. The monoisotopic (exact) mass is 477 g/mol. The molecule has 0 unspecified atom stereocenters. The first-order valence-corrected chi connectivity index (χ1v) is 12.7. The number of hydrogen-bond acceptors (Lipinski definition) is 6. The van der Waals surface area contributed by atoms with Gasteiger partial charge in [0.15, 0.2) is 5.78 Å². The van der Waals surface area contributed by atoms with Gasteiger partial charge in [0.1, 0.15) is 22.7 Å². The molecule has 2 aromatic carbocycles. The molecular weight excluding hydrogens is 442 g/mol. The summed E-state index contributed by atoms with van der Waals surface area (Å²) in [5.74, 6) is 0.776. The molecule has 0 bridgehead atoms. The maximum absolute atomic E-state index is 13.6. The molecule has 0 amide bonds. The summed E-state index contributed by atoms with van der Waals surface area (Å²) in [6.07, 6.45) is 7.42. The minimum atomic E-state index is -0.479. The predicted molar refractivity (Wildman–Crippen MR) is 136 cm³/mol. The van der Waals surface area contributed by atoms with Crippen molar-refractivity contribution >= 4 is 22.7 Å². The number of unbranched alkanes of at least 4 members (excludes halogenated alkanes) is 1. The van der Waals surface area contributed by atoms with Gasteiger partial charge in [-0.2, -0.15) is 0 Å². The van der Waals surface area contributed by atoms with E-state index in [1.54, 1.807) is 24.3 Å². The number of carbonyl (C=O) groups is 2. The Morgan fingerprint density at radius 1 is 1.00 bits per heavy atom. The van der Waals surface area contributed by atoms with Crippen molar-refractivity contribution in [3.05, 3.63) is 64.9 Å². The summed E-state index contributed by atoms with van der Waals surface area (Å²) in [6.45, 7) is 6.21. The van der Waals surface area contributed by atoms with Gasteiger partial charge >= 0.3 is 5.97 Å². The third kappa shape index (κ3) is 5.93. The van der Waals surface area contributed by atoms with Gasteiger partial charge in [-0.05, 0) is 69.1 Å². The molecule has 4 rings (SSSR count). The minimum Gasteiger partial charge on any atom is -0.494 e. The summed E-state index contributed by atoms with van der Waals surface area (Å²) < 4.78 is 16.9. The highest BCUT2D eigenvalue weighted by Gasteiger charge is 2.25. The van der Waals surface area contributed by atoms with Crippen LogP contribution in [-0.2, 0) is 11.2 Å². The first kappa shape index (κ1) is 25.0. The molecule has 0 aliphatic carbocycles. The normalized spacial score (nSPS) is 14.2. The van der Waals surface area contributed by atoms with Gasteiger partial charge < -0.3 is 18.8 Å². The van der Waals surface area contributed by atoms with Crippen LogP contribution in [0, 0.1) is 0 Å². The van der Waals surface area contributed by atoms with Crippen molar-refractivity contribution in [1.29, 1.82) is 0 Å². The summed E-state index contributed by atoms with van der Waals surface area (Å²) in [5.41, 5.74) is 1.82. The van der Waals surface area contributed by atoms with Crippen LogP contribution in [-0.4, -0.2) is 50.0 Å². The fraction of sp³-hybridized carbons (Fsp3) is 0.448. The van der Waals surface area contributed by atoms with E-state index in [1.807, 2.05) is 18.2 Å². The Bertz CT molecular complexity index is 1140. The average molecular weight is 478 g/mol. The molecule has 0 N–H and O–H groups in total. The molecule has 1 aliphatic rings. The van der Waals surface area contributed by atoms with Crippen LogP contribution in [0.1, 0.15) is 77.5 Å². The molecule has 6 heteroatoms. The number of fused-ring (bicyclic) bond motifs is 1. The Morgan fingerprint density at radius 3 is 2.49 bits per heavy atom. The highest BCUT2D eigenvalue weighted by atomic mass is 16.5. The molecule has 1 fully saturated rings. The average Bonchev–Trinajstić information content (AvgIpc) is 3.28. The lowest BCUT2D eigenvalue weighted by atomic mass is 9.97. The minimum absolute atomic E-state index is 0.117. The second-order valence-corrected chi connectivity index (χ2v) is 9.14.